The smallest absolute Gasteiger partial charge is 0.0490 e. The van der Waals surface area contributed by atoms with Crippen LogP contribution < -0.4 is 5.43 Å². The van der Waals surface area contributed by atoms with E-state index in [1.165, 1.54) is 64.2 Å². The lowest BCUT2D eigenvalue weighted by molar-refractivity contribution is 0.133. The van der Waals surface area contributed by atoms with Crippen LogP contribution in [0.3, 0.4) is 0 Å². The molecule has 0 saturated heterocycles. The Labute approximate surface area is 167 Å². The summed E-state index contributed by atoms with van der Waals surface area (Å²) in [7, 11) is 0. The van der Waals surface area contributed by atoms with Gasteiger partial charge in [-0.3, -0.25) is 0 Å². The second-order valence-electron chi connectivity index (χ2n) is 7.48. The Bertz CT molecular complexity index is 551. The lowest BCUT2D eigenvalue weighted by Gasteiger charge is -2.32. The summed E-state index contributed by atoms with van der Waals surface area (Å²) in [5, 5.41) is 2.47. The van der Waals surface area contributed by atoms with Crippen LogP contribution >= 0.6 is 0 Å². The lowest BCUT2D eigenvalue weighted by atomic mass is 10.0. The van der Waals surface area contributed by atoms with Crippen LogP contribution in [0.15, 0.2) is 72.5 Å². The molecule has 0 radical (unpaired) electrons. The van der Waals surface area contributed by atoms with Gasteiger partial charge in [-0.2, -0.15) is 0 Å². The summed E-state index contributed by atoms with van der Waals surface area (Å²) < 4.78 is 0. The van der Waals surface area contributed by atoms with Gasteiger partial charge in [-0.05, 0) is 25.0 Å². The molecule has 0 aromatic heterocycles. The molecule has 1 N–H and O–H groups in total. The van der Waals surface area contributed by atoms with Crippen LogP contribution in [-0.2, 0) is 0 Å². The van der Waals surface area contributed by atoms with E-state index < -0.39 is 0 Å². The molecule has 2 aliphatic rings. The molecular weight excluding hydrogens is 328 g/mol. The van der Waals surface area contributed by atoms with E-state index in [1.807, 2.05) is 18.2 Å². The summed E-state index contributed by atoms with van der Waals surface area (Å²) in [4.78, 5) is 0. The van der Waals surface area contributed by atoms with E-state index in [-0.39, 0.29) is 0 Å². The molecule has 0 aromatic rings. The maximum atomic E-state index is 3.71. The summed E-state index contributed by atoms with van der Waals surface area (Å²) in [5.74, 6) is 0. The van der Waals surface area contributed by atoms with Crippen LogP contribution in [0.1, 0.15) is 71.1 Å². The first kappa shape index (κ1) is 21.5. The molecular formula is C25H38N2. The Morgan fingerprint density at radius 3 is 1.74 bits per heavy atom. The maximum Gasteiger partial charge on any atom is 0.0490 e. The van der Waals surface area contributed by atoms with E-state index in [1.54, 1.807) is 0 Å². The molecule has 0 aromatic carbocycles. The van der Waals surface area contributed by atoms with Gasteiger partial charge >= 0.3 is 0 Å². The molecule has 148 valence electrons. The fourth-order valence-corrected chi connectivity index (χ4v) is 3.77. The van der Waals surface area contributed by atoms with Crippen molar-refractivity contribution in [3.63, 3.8) is 0 Å². The summed E-state index contributed by atoms with van der Waals surface area (Å²) >= 11 is 0. The minimum Gasteiger partial charge on any atom is -0.319 e. The van der Waals surface area contributed by atoms with Gasteiger partial charge in [0.1, 0.15) is 0 Å². The highest BCUT2D eigenvalue weighted by Gasteiger charge is 2.17. The fourth-order valence-electron chi connectivity index (χ4n) is 3.77. The van der Waals surface area contributed by atoms with Crippen molar-refractivity contribution in [1.82, 2.24) is 10.4 Å². The van der Waals surface area contributed by atoms with E-state index in [0.29, 0.717) is 6.04 Å². The monoisotopic (exact) mass is 366 g/mol. The molecule has 2 aliphatic carbocycles. The third-order valence-electron chi connectivity index (χ3n) is 5.32. The topological polar surface area (TPSA) is 15.3 Å². The van der Waals surface area contributed by atoms with E-state index in [2.05, 4.69) is 66.0 Å². The predicted molar refractivity (Wildman–Crippen MR) is 119 cm³/mol. The molecule has 2 rings (SSSR count). The molecule has 0 spiro atoms. The average molecular weight is 367 g/mol. The van der Waals surface area contributed by atoms with E-state index in [9.17, 15) is 0 Å². The zero-order valence-electron chi connectivity index (χ0n) is 17.2. The zero-order valence-corrected chi connectivity index (χ0v) is 17.2. The van der Waals surface area contributed by atoms with Crippen molar-refractivity contribution in [3.05, 3.63) is 72.5 Å². The van der Waals surface area contributed by atoms with Gasteiger partial charge in [-0.25, -0.2) is 5.01 Å². The predicted octanol–water partition coefficient (Wildman–Crippen LogP) is 6.77. The summed E-state index contributed by atoms with van der Waals surface area (Å²) in [6.45, 7) is 3.29. The van der Waals surface area contributed by atoms with Crippen molar-refractivity contribution in [2.24, 2.45) is 0 Å². The number of hydrogen-bond donors (Lipinski definition) is 1. The van der Waals surface area contributed by atoms with Crippen LogP contribution in [0, 0.1) is 0 Å². The second-order valence-corrected chi connectivity index (χ2v) is 7.48. The van der Waals surface area contributed by atoms with Gasteiger partial charge in [-0.15, -0.1) is 0 Å². The Morgan fingerprint density at radius 1 is 0.704 bits per heavy atom. The van der Waals surface area contributed by atoms with Crippen LogP contribution in [0.25, 0.3) is 0 Å². The fraction of sp³-hybridized carbons (Fsp3) is 0.520. The zero-order chi connectivity index (χ0) is 19.0. The number of hydrogen-bond acceptors (Lipinski definition) is 2. The Hall–Kier alpha value is -1.80. The van der Waals surface area contributed by atoms with Crippen LogP contribution in [-0.4, -0.2) is 17.6 Å². The molecule has 0 unspecified atom stereocenters. The van der Waals surface area contributed by atoms with E-state index >= 15 is 0 Å². The van der Waals surface area contributed by atoms with Gasteiger partial charge in [0.25, 0.3) is 0 Å². The molecule has 1 fully saturated rings. The van der Waals surface area contributed by atoms with Crippen molar-refractivity contribution >= 4 is 0 Å². The van der Waals surface area contributed by atoms with Crippen molar-refractivity contribution in [1.29, 1.82) is 0 Å². The SMILES string of the molecule is CCN(NC1=C/C=C\C=C/C=C\C=C/C=C\1)C1CCCCCCCCCC1. The number of nitrogens with one attached hydrogen (secondary N) is 1. The van der Waals surface area contributed by atoms with Crippen molar-refractivity contribution in [2.45, 2.75) is 77.2 Å². The van der Waals surface area contributed by atoms with Gasteiger partial charge in [-0.1, -0.05) is 113 Å². The highest BCUT2D eigenvalue weighted by Crippen LogP contribution is 2.20. The first-order valence-electron chi connectivity index (χ1n) is 11.0. The molecule has 2 nitrogen and oxygen atoms in total. The minimum absolute atomic E-state index is 0.631. The quantitative estimate of drug-likeness (QED) is 0.552. The maximum absolute atomic E-state index is 3.71. The number of nitrogens with zero attached hydrogens (tertiary/aromatic N) is 1. The molecule has 0 amide bonds. The van der Waals surface area contributed by atoms with Crippen LogP contribution in [0.4, 0.5) is 0 Å². The van der Waals surface area contributed by atoms with Gasteiger partial charge < -0.3 is 5.43 Å². The third kappa shape index (κ3) is 9.63. The van der Waals surface area contributed by atoms with Gasteiger partial charge in [0.15, 0.2) is 0 Å². The lowest BCUT2D eigenvalue weighted by Crippen LogP contribution is -2.44. The van der Waals surface area contributed by atoms with E-state index in [4.69, 9.17) is 0 Å². The Kier molecular flexibility index (Phi) is 11.4. The van der Waals surface area contributed by atoms with Crippen LogP contribution in [0.5, 0.6) is 0 Å². The highest BCUT2D eigenvalue weighted by atomic mass is 15.5. The normalized spacial score (nSPS) is 28.4. The largest absolute Gasteiger partial charge is 0.319 e. The first-order valence-corrected chi connectivity index (χ1v) is 11.0. The van der Waals surface area contributed by atoms with Crippen LogP contribution in [0.2, 0.25) is 0 Å². The molecule has 0 aliphatic heterocycles. The highest BCUT2D eigenvalue weighted by molar-refractivity contribution is 5.28. The molecule has 2 heteroatoms. The summed E-state index contributed by atoms with van der Waals surface area (Å²) in [6.07, 6.45) is 36.8. The van der Waals surface area contributed by atoms with Crippen molar-refractivity contribution in [3.8, 4) is 0 Å². The standard InChI is InChI=1S/C25H38N2/c1-2-27(25-22-18-14-10-6-7-11-15-19-23-25)26-24-20-16-12-8-4-3-5-9-13-17-21-24/h3-5,8-9,12-13,16-17,20-21,25-26H,2,6-7,10-11,14-15,18-19,22-23H2,1H3/b4-3-,5-3?,8-4?,9-5-,12-8-,13-9?,16-12?,17-13-,20-16-,21-17?,24-20?,24-21+. The van der Waals surface area contributed by atoms with Gasteiger partial charge in [0.2, 0.25) is 0 Å². The molecule has 27 heavy (non-hydrogen) atoms. The third-order valence-corrected chi connectivity index (χ3v) is 5.32. The minimum atomic E-state index is 0.631. The number of rotatable bonds is 4. The molecule has 0 bridgehead atoms. The number of allylic oxidation sites excluding steroid dienone is 11. The van der Waals surface area contributed by atoms with Crippen molar-refractivity contribution < 1.29 is 0 Å². The van der Waals surface area contributed by atoms with Gasteiger partial charge in [0, 0.05) is 18.3 Å². The molecule has 0 heterocycles. The molecule has 0 atom stereocenters. The first-order chi connectivity index (χ1) is 13.4. The summed E-state index contributed by atoms with van der Waals surface area (Å²) in [5.41, 5.74) is 4.85. The van der Waals surface area contributed by atoms with Crippen molar-refractivity contribution in [2.75, 3.05) is 6.54 Å². The Morgan fingerprint density at radius 2 is 1.19 bits per heavy atom. The average Bonchev–Trinajstić information content (AvgIpc) is 2.73. The second kappa shape index (κ2) is 14.3. The Balaban J connectivity index is 2.03. The molecule has 1 saturated carbocycles. The van der Waals surface area contributed by atoms with E-state index in [0.717, 1.165) is 12.2 Å². The van der Waals surface area contributed by atoms with Gasteiger partial charge in [0.05, 0.1) is 0 Å². The summed E-state index contributed by atoms with van der Waals surface area (Å²) in [6, 6.07) is 0.631. The number of hydrazine groups is 1.